The largest absolute Gasteiger partial charge is 0.462 e. The molecule has 63 heavy (non-hydrogen) atoms. The lowest BCUT2D eigenvalue weighted by molar-refractivity contribution is -0.332. The van der Waals surface area contributed by atoms with E-state index in [9.17, 15) is 45.3 Å². The van der Waals surface area contributed by atoms with Crippen LogP contribution in [0.1, 0.15) is 162 Å². The first-order valence-corrected chi connectivity index (χ1v) is 24.1. The number of rotatable bonds is 36. The third-order valence-corrected chi connectivity index (χ3v) is 11.4. The van der Waals surface area contributed by atoms with Gasteiger partial charge in [0, 0.05) is 12.8 Å². The molecule has 0 aromatic heterocycles. The van der Waals surface area contributed by atoms with E-state index < -0.39 is 99.3 Å². The second kappa shape index (κ2) is 35.9. The molecule has 2 saturated heterocycles. The summed E-state index contributed by atoms with van der Waals surface area (Å²) in [6, 6.07) is 0. The molecule has 0 aromatic rings. The normalized spacial score (nSPS) is 27.1. The summed E-state index contributed by atoms with van der Waals surface area (Å²) in [7, 11) is 0. The SMILES string of the molecule is CCCCCCCC/C=C/C/C=C/C/C=C/CCCC(=O)OC[C@H](CO[C@H]1O[C@@H](CO[C@H]2O[C@@H](CO)[C@@H](O)C(O)C2O)[C@@H](O)C(O)C1O)OC(=O)CCCCCCCCCCCC. The van der Waals surface area contributed by atoms with Crippen LogP contribution < -0.4 is 0 Å². The van der Waals surface area contributed by atoms with E-state index in [1.165, 1.54) is 77.0 Å². The number of carbonyl (C=O) groups is 2. The zero-order chi connectivity index (χ0) is 46.1. The highest BCUT2D eigenvalue weighted by Crippen LogP contribution is 2.26. The highest BCUT2D eigenvalue weighted by atomic mass is 16.7. The highest BCUT2D eigenvalue weighted by molar-refractivity contribution is 5.70. The average molecular weight is 901 g/mol. The van der Waals surface area contributed by atoms with Crippen molar-refractivity contribution in [2.45, 2.75) is 229 Å². The molecule has 4 unspecified atom stereocenters. The first kappa shape index (κ1) is 56.8. The summed E-state index contributed by atoms with van der Waals surface area (Å²) in [5, 5.41) is 71.9. The maximum atomic E-state index is 12.9. The maximum absolute atomic E-state index is 12.9. The fraction of sp³-hybridized carbons (Fsp3) is 0.833. The Balaban J connectivity index is 1.84. The minimum absolute atomic E-state index is 0.147. The molecule has 2 heterocycles. The molecule has 15 heteroatoms. The number of aliphatic hydroxyl groups excluding tert-OH is 7. The van der Waals surface area contributed by atoms with Crippen molar-refractivity contribution >= 4 is 11.9 Å². The second-order valence-corrected chi connectivity index (χ2v) is 16.9. The van der Waals surface area contributed by atoms with Gasteiger partial charge in [0.2, 0.25) is 0 Å². The Labute approximate surface area is 376 Å². The zero-order valence-electron chi connectivity index (χ0n) is 38.3. The average Bonchev–Trinajstić information content (AvgIpc) is 3.28. The highest BCUT2D eigenvalue weighted by Gasteiger charge is 2.47. The van der Waals surface area contributed by atoms with E-state index in [1.807, 2.05) is 6.08 Å². The van der Waals surface area contributed by atoms with Crippen molar-refractivity contribution in [1.82, 2.24) is 0 Å². The Bertz CT molecular complexity index is 1240. The van der Waals surface area contributed by atoms with E-state index >= 15 is 0 Å². The van der Waals surface area contributed by atoms with Gasteiger partial charge in [-0.05, 0) is 44.9 Å². The molecule has 11 atom stereocenters. The summed E-state index contributed by atoms with van der Waals surface area (Å²) < 4.78 is 33.4. The number of unbranched alkanes of at least 4 members (excludes halogenated alkanes) is 16. The smallest absolute Gasteiger partial charge is 0.306 e. The third kappa shape index (κ3) is 24.7. The van der Waals surface area contributed by atoms with Gasteiger partial charge in [-0.3, -0.25) is 9.59 Å². The maximum Gasteiger partial charge on any atom is 0.306 e. The number of esters is 2. The van der Waals surface area contributed by atoms with Crippen LogP contribution in [-0.4, -0.2) is 142 Å². The van der Waals surface area contributed by atoms with Crippen LogP contribution in [-0.2, 0) is 38.0 Å². The number of hydrogen-bond acceptors (Lipinski definition) is 15. The minimum atomic E-state index is -1.77. The van der Waals surface area contributed by atoms with E-state index in [-0.39, 0.29) is 19.4 Å². The van der Waals surface area contributed by atoms with Crippen molar-refractivity contribution in [1.29, 1.82) is 0 Å². The lowest BCUT2D eigenvalue weighted by atomic mass is 9.98. The first-order chi connectivity index (χ1) is 30.5. The Morgan fingerprint density at radius 2 is 0.968 bits per heavy atom. The van der Waals surface area contributed by atoms with Crippen LogP contribution in [0.2, 0.25) is 0 Å². The van der Waals surface area contributed by atoms with Gasteiger partial charge in [-0.2, -0.15) is 0 Å². The van der Waals surface area contributed by atoms with Gasteiger partial charge < -0.3 is 64.2 Å². The Hall–Kier alpha value is -2.28. The number of carbonyl (C=O) groups excluding carboxylic acids is 2. The summed E-state index contributed by atoms with van der Waals surface area (Å²) in [6.07, 6.45) is 19.1. The van der Waals surface area contributed by atoms with Gasteiger partial charge in [-0.1, -0.05) is 140 Å². The summed E-state index contributed by atoms with van der Waals surface area (Å²) >= 11 is 0. The van der Waals surface area contributed by atoms with Crippen molar-refractivity contribution < 1.29 is 73.8 Å². The van der Waals surface area contributed by atoms with E-state index in [4.69, 9.17) is 28.4 Å². The van der Waals surface area contributed by atoms with Crippen molar-refractivity contribution in [2.75, 3.05) is 26.4 Å². The van der Waals surface area contributed by atoms with Crippen molar-refractivity contribution in [3.8, 4) is 0 Å². The molecular formula is C48H84O15. The van der Waals surface area contributed by atoms with Crippen molar-refractivity contribution in [3.63, 3.8) is 0 Å². The van der Waals surface area contributed by atoms with Crippen LogP contribution in [0.5, 0.6) is 0 Å². The van der Waals surface area contributed by atoms with E-state index in [0.717, 1.165) is 38.5 Å². The standard InChI is InChI=1S/C48H84O15/c1-3-5-7-9-11-13-15-16-17-18-19-20-21-23-24-26-28-30-39(50)58-33-36(61-40(51)31-29-27-25-22-14-12-10-8-6-4-2)34-59-47-46(57)44(55)42(53)38(63-47)35-60-48-45(56)43(54)41(52)37(32-49)62-48/h16-17,19-20,23-24,36-38,41-49,52-57H,3-15,18,21-22,25-35H2,1-2H3/b17-16+,20-19+,24-23+/t36-,37+,38+,41-,42-,43?,44?,45?,46?,47+,48+/m1/s1. The van der Waals surface area contributed by atoms with Crippen LogP contribution in [0.25, 0.3) is 0 Å². The predicted octanol–water partition coefficient (Wildman–Crippen LogP) is 5.76. The van der Waals surface area contributed by atoms with E-state index in [0.29, 0.717) is 19.3 Å². The van der Waals surface area contributed by atoms with Gasteiger partial charge in [0.1, 0.15) is 55.4 Å². The summed E-state index contributed by atoms with van der Waals surface area (Å²) in [5.74, 6) is -0.987. The molecule has 2 rings (SSSR count). The number of hydrogen-bond donors (Lipinski definition) is 7. The van der Waals surface area contributed by atoms with Gasteiger partial charge >= 0.3 is 11.9 Å². The second-order valence-electron chi connectivity index (χ2n) is 16.9. The molecule has 0 aliphatic carbocycles. The molecule has 0 radical (unpaired) electrons. The molecule has 0 amide bonds. The minimum Gasteiger partial charge on any atom is -0.462 e. The fourth-order valence-corrected chi connectivity index (χ4v) is 7.35. The first-order valence-electron chi connectivity index (χ1n) is 24.1. The molecule has 2 aliphatic heterocycles. The van der Waals surface area contributed by atoms with Gasteiger partial charge in [-0.25, -0.2) is 0 Å². The van der Waals surface area contributed by atoms with Crippen molar-refractivity contribution in [2.24, 2.45) is 0 Å². The zero-order valence-corrected chi connectivity index (χ0v) is 38.3. The lowest BCUT2D eigenvalue weighted by Crippen LogP contribution is -2.61. The van der Waals surface area contributed by atoms with Gasteiger partial charge in [0.15, 0.2) is 18.7 Å². The fourth-order valence-electron chi connectivity index (χ4n) is 7.35. The Kier molecular flexibility index (Phi) is 32.4. The molecule has 15 nitrogen and oxygen atoms in total. The van der Waals surface area contributed by atoms with Crippen LogP contribution in [0.4, 0.5) is 0 Å². The number of ether oxygens (including phenoxy) is 6. The summed E-state index contributed by atoms with van der Waals surface area (Å²) in [6.45, 7) is 2.50. The molecule has 0 spiro atoms. The van der Waals surface area contributed by atoms with E-state index in [2.05, 4.69) is 44.2 Å². The van der Waals surface area contributed by atoms with Gasteiger partial charge in [0.05, 0.1) is 19.8 Å². The van der Waals surface area contributed by atoms with Crippen LogP contribution in [0.3, 0.4) is 0 Å². The van der Waals surface area contributed by atoms with E-state index in [1.54, 1.807) is 0 Å². The number of allylic oxidation sites excluding steroid dienone is 6. The Morgan fingerprint density at radius 1 is 0.508 bits per heavy atom. The summed E-state index contributed by atoms with van der Waals surface area (Å²) in [5.41, 5.74) is 0. The molecule has 2 fully saturated rings. The molecule has 0 bridgehead atoms. The topological polar surface area (TPSA) is 231 Å². The van der Waals surface area contributed by atoms with Gasteiger partial charge in [0.25, 0.3) is 0 Å². The monoisotopic (exact) mass is 901 g/mol. The molecule has 0 aromatic carbocycles. The molecule has 366 valence electrons. The van der Waals surface area contributed by atoms with Crippen molar-refractivity contribution in [3.05, 3.63) is 36.5 Å². The molecule has 2 aliphatic rings. The van der Waals surface area contributed by atoms with Crippen LogP contribution >= 0.6 is 0 Å². The summed E-state index contributed by atoms with van der Waals surface area (Å²) in [4.78, 5) is 25.6. The Morgan fingerprint density at radius 3 is 1.54 bits per heavy atom. The molecule has 0 saturated carbocycles. The third-order valence-electron chi connectivity index (χ3n) is 11.4. The van der Waals surface area contributed by atoms with Gasteiger partial charge in [-0.15, -0.1) is 0 Å². The van der Waals surface area contributed by atoms with Crippen LogP contribution in [0, 0.1) is 0 Å². The quantitative estimate of drug-likeness (QED) is 0.0225. The van der Waals surface area contributed by atoms with Crippen LogP contribution in [0.15, 0.2) is 36.5 Å². The molecule has 7 N–H and O–H groups in total. The number of aliphatic hydroxyl groups is 7. The lowest BCUT2D eigenvalue weighted by Gasteiger charge is -2.42. The predicted molar refractivity (Wildman–Crippen MR) is 238 cm³/mol. The molecular weight excluding hydrogens is 817 g/mol.